The Balaban J connectivity index is 0.000000243. The van der Waals surface area contributed by atoms with Crippen LogP contribution in [-0.2, 0) is 28.4 Å². The van der Waals surface area contributed by atoms with Gasteiger partial charge in [-0.1, -0.05) is 38.9 Å². The summed E-state index contributed by atoms with van der Waals surface area (Å²) >= 11 is 0. The fraction of sp³-hybridized carbons (Fsp3) is 0.305. The minimum atomic E-state index is -1.43. The molecule has 21 nitrogen and oxygen atoms in total. The second-order valence-corrected chi connectivity index (χ2v) is 25.1. The van der Waals surface area contributed by atoms with E-state index in [-0.39, 0.29) is 13.3 Å². The largest absolute Gasteiger partial charge is 0.492 e. The summed E-state index contributed by atoms with van der Waals surface area (Å²) in [4.78, 5) is 51.1. The van der Waals surface area contributed by atoms with Gasteiger partial charge < -0.3 is 52.1 Å². The molecule has 8 rings (SSSR count). The van der Waals surface area contributed by atoms with E-state index in [0.717, 1.165) is 72.3 Å². The second-order valence-electron chi connectivity index (χ2n) is 20.4. The van der Waals surface area contributed by atoms with Crippen molar-refractivity contribution in [3.63, 3.8) is 0 Å². The SMILES string of the molecule is C.C#Cc1ccc2nc(Nc3cc(OCCNC(=O)[C@@H](C)N)cc(-c4cnn(C)c4)c3)ncc2c1.C[C@@H](NC(=O)OC(C)(C)C)C(=O)O.Cn1cc(-c2cc(Nc3ncc4cc(C#C[Si](C)(C)C)ccc4n3)cc(OCCN)c2)cn1. The normalized spacial score (nSPS) is 11.5. The summed E-state index contributed by atoms with van der Waals surface area (Å²) in [7, 11) is 2.33. The van der Waals surface area contributed by atoms with Gasteiger partial charge in [-0.3, -0.25) is 19.0 Å². The Kier molecular flexibility index (Phi) is 22.0. The lowest BCUT2D eigenvalue weighted by atomic mass is 10.1. The number of nitrogens with one attached hydrogen (secondary N) is 4. The summed E-state index contributed by atoms with van der Waals surface area (Å²) in [5.74, 6) is 6.88. The van der Waals surface area contributed by atoms with Gasteiger partial charge >= 0.3 is 12.1 Å². The van der Waals surface area contributed by atoms with E-state index in [2.05, 4.69) is 88.4 Å². The Labute approximate surface area is 473 Å². The molecular formula is C59H72N14O7Si. The molecule has 4 aromatic carbocycles. The van der Waals surface area contributed by atoms with Gasteiger partial charge in [-0.05, 0) is 106 Å². The molecule has 0 spiro atoms. The van der Waals surface area contributed by atoms with Crippen LogP contribution in [0.15, 0.2) is 110 Å². The van der Waals surface area contributed by atoms with Gasteiger partial charge in [-0.2, -0.15) is 10.2 Å². The molecule has 0 saturated heterocycles. The molecule has 0 aliphatic carbocycles. The predicted molar refractivity (Wildman–Crippen MR) is 321 cm³/mol. The maximum atomic E-state index is 11.6. The molecular weight excluding hydrogens is 1040 g/mol. The van der Waals surface area contributed by atoms with Gasteiger partial charge in [0.05, 0.1) is 36.0 Å². The zero-order valence-corrected chi connectivity index (χ0v) is 47.6. The number of rotatable bonds is 16. The summed E-state index contributed by atoms with van der Waals surface area (Å²) in [6.07, 6.45) is 15.8. The summed E-state index contributed by atoms with van der Waals surface area (Å²) < 4.78 is 20.0. The number of alkyl carbamates (subject to hydrolysis) is 1. The van der Waals surface area contributed by atoms with Crippen LogP contribution in [0, 0.1) is 23.8 Å². The maximum Gasteiger partial charge on any atom is 0.408 e. The number of carboxylic acid groups (broad SMARTS) is 1. The Hall–Kier alpha value is -9.35. The molecule has 2 amide bonds. The van der Waals surface area contributed by atoms with Crippen molar-refractivity contribution in [1.29, 1.82) is 0 Å². The molecule has 9 N–H and O–H groups in total. The first kappa shape index (κ1) is 62.5. The van der Waals surface area contributed by atoms with Gasteiger partial charge in [0.2, 0.25) is 17.8 Å². The average molecular weight is 1120 g/mol. The molecule has 0 fully saturated rings. The van der Waals surface area contributed by atoms with Crippen molar-refractivity contribution in [2.75, 3.05) is 36.9 Å². The molecule has 0 aliphatic rings. The van der Waals surface area contributed by atoms with Crippen LogP contribution >= 0.6 is 0 Å². The molecule has 8 aromatic rings. The first-order chi connectivity index (χ1) is 37.9. The number of hydrogen-bond acceptors (Lipinski definition) is 16. The molecule has 22 heteroatoms. The number of aliphatic carboxylic acids is 1. The summed E-state index contributed by atoms with van der Waals surface area (Å²) in [6, 6.07) is 21.8. The number of nitrogens with two attached hydrogens (primary N) is 2. The molecule has 81 heavy (non-hydrogen) atoms. The number of carbonyl (C=O) groups excluding carboxylic acids is 2. The molecule has 424 valence electrons. The van der Waals surface area contributed by atoms with E-state index in [4.69, 9.17) is 37.2 Å². The van der Waals surface area contributed by atoms with E-state index >= 15 is 0 Å². The molecule has 0 saturated carbocycles. The van der Waals surface area contributed by atoms with Crippen molar-refractivity contribution in [1.82, 2.24) is 50.1 Å². The lowest BCUT2D eigenvalue weighted by Gasteiger charge is -2.20. The second kappa shape index (κ2) is 28.5. The summed E-state index contributed by atoms with van der Waals surface area (Å²) in [5, 5.41) is 30.3. The number of ether oxygens (including phenoxy) is 3. The van der Waals surface area contributed by atoms with Gasteiger partial charge in [0.1, 0.15) is 44.4 Å². The third-order valence-electron chi connectivity index (χ3n) is 10.9. The lowest BCUT2D eigenvalue weighted by molar-refractivity contribution is -0.139. The van der Waals surface area contributed by atoms with Crippen molar-refractivity contribution < 1.29 is 33.7 Å². The third kappa shape index (κ3) is 20.1. The molecule has 0 aliphatic heterocycles. The van der Waals surface area contributed by atoms with Crippen LogP contribution in [-0.4, -0.2) is 115 Å². The minimum absolute atomic E-state index is 0. The number of anilines is 4. The number of aromatic nitrogens is 8. The molecule has 0 radical (unpaired) electrons. The molecule has 0 bridgehead atoms. The Bertz CT molecular complexity index is 3570. The maximum absolute atomic E-state index is 11.6. The number of hydrogen-bond donors (Lipinski definition) is 7. The van der Waals surface area contributed by atoms with Crippen LogP contribution in [0.2, 0.25) is 19.6 Å². The number of benzene rings is 4. The Morgan fingerprint density at radius 2 is 1.25 bits per heavy atom. The van der Waals surface area contributed by atoms with E-state index in [0.29, 0.717) is 43.9 Å². The van der Waals surface area contributed by atoms with Crippen LogP contribution in [0.25, 0.3) is 44.1 Å². The highest BCUT2D eigenvalue weighted by Crippen LogP contribution is 2.32. The smallest absolute Gasteiger partial charge is 0.408 e. The van der Waals surface area contributed by atoms with Crippen LogP contribution < -0.4 is 42.2 Å². The van der Waals surface area contributed by atoms with Crippen LogP contribution in [0.1, 0.15) is 53.2 Å². The van der Waals surface area contributed by atoms with E-state index in [1.165, 1.54) is 6.92 Å². The quantitative estimate of drug-likeness (QED) is 0.0271. The Morgan fingerprint density at radius 3 is 1.69 bits per heavy atom. The number of carboxylic acids is 1. The van der Waals surface area contributed by atoms with Crippen molar-refractivity contribution in [3.05, 3.63) is 121 Å². The summed E-state index contributed by atoms with van der Waals surface area (Å²) in [5.41, 5.74) is 22.7. The van der Waals surface area contributed by atoms with Crippen LogP contribution in [0.5, 0.6) is 11.5 Å². The van der Waals surface area contributed by atoms with Crippen molar-refractivity contribution in [2.45, 2.75) is 79.4 Å². The standard InChI is InChI=1S/C25H25N7O2.C25H28N6OSi.C8H15NO4.CH4/c1-4-17-5-6-23-19(9-17)13-28-25(31-23)30-21-10-18(20-14-29-32(3)15-20)11-22(12-21)34-8-7-27-24(33)16(2)26;1-31-17-21(16-28-31)19-12-22(14-23(13-19)32-9-8-26)29-25-27-15-20-11-18(5-6-24(20)30-25)7-10-33(2,3)4;1-5(6(10)11)9-7(12)13-8(2,3)4;/h1,5-6,9-16H,7-8,26H2,2-3H3,(H,27,33)(H,28,30,31);5-6,11-17H,8-9,26H2,1-4H3,(H,27,29,30);5H,1-4H3,(H,9,12)(H,10,11);1H4/t16-;;5-;/m1.1./s1. The number of carbonyl (C=O) groups is 3. The summed E-state index contributed by atoms with van der Waals surface area (Å²) in [6.45, 7) is 16.3. The first-order valence-corrected chi connectivity index (χ1v) is 29.0. The fourth-order valence-corrected chi connectivity index (χ4v) is 7.60. The van der Waals surface area contributed by atoms with Gasteiger partial charge in [0, 0.05) is 102 Å². The fourth-order valence-electron chi connectivity index (χ4n) is 7.08. The molecule has 4 heterocycles. The van der Waals surface area contributed by atoms with Crippen LogP contribution in [0.3, 0.4) is 0 Å². The van der Waals surface area contributed by atoms with Gasteiger partial charge in [-0.15, -0.1) is 12.0 Å². The number of aryl methyl sites for hydroxylation is 2. The van der Waals surface area contributed by atoms with Gasteiger partial charge in [0.15, 0.2) is 0 Å². The molecule has 4 aromatic heterocycles. The van der Waals surface area contributed by atoms with Gasteiger partial charge in [0.25, 0.3) is 0 Å². The van der Waals surface area contributed by atoms with E-state index < -0.39 is 37.8 Å². The highest BCUT2D eigenvalue weighted by molar-refractivity contribution is 6.83. The average Bonchev–Trinajstić information content (AvgIpc) is 4.07. The highest BCUT2D eigenvalue weighted by Gasteiger charge is 2.20. The van der Waals surface area contributed by atoms with E-state index in [1.807, 2.05) is 112 Å². The van der Waals surface area contributed by atoms with Crippen molar-refractivity contribution in [2.24, 2.45) is 25.6 Å². The predicted octanol–water partition coefficient (Wildman–Crippen LogP) is 8.56. The minimum Gasteiger partial charge on any atom is -0.492 e. The van der Waals surface area contributed by atoms with Crippen molar-refractivity contribution >= 4 is 71.1 Å². The number of amides is 2. The van der Waals surface area contributed by atoms with E-state index in [1.54, 1.807) is 49.5 Å². The van der Waals surface area contributed by atoms with E-state index in [9.17, 15) is 14.4 Å². The number of terminal acetylenes is 1. The third-order valence-corrected chi connectivity index (χ3v) is 11.8. The molecule has 0 unspecified atom stereocenters. The Morgan fingerprint density at radius 1 is 0.741 bits per heavy atom. The lowest BCUT2D eigenvalue weighted by Crippen LogP contribution is -2.41. The van der Waals surface area contributed by atoms with Crippen molar-refractivity contribution in [3.8, 4) is 57.6 Å². The van der Waals surface area contributed by atoms with Crippen LogP contribution in [0.4, 0.5) is 28.1 Å². The zero-order valence-electron chi connectivity index (χ0n) is 46.6. The topological polar surface area (TPSA) is 286 Å². The highest BCUT2D eigenvalue weighted by atomic mass is 28.3. The number of nitrogens with zero attached hydrogens (tertiary/aromatic N) is 8. The number of fused-ring (bicyclic) bond motifs is 2. The monoisotopic (exact) mass is 1120 g/mol. The first-order valence-electron chi connectivity index (χ1n) is 25.5. The zero-order chi connectivity index (χ0) is 58.1. The van der Waals surface area contributed by atoms with Gasteiger partial charge in [-0.25, -0.2) is 24.7 Å². The molecule has 2 atom stereocenters.